The first-order chi connectivity index (χ1) is 9.69. The van der Waals surface area contributed by atoms with Crippen molar-refractivity contribution in [3.05, 3.63) is 33.9 Å². The molecular formula is C14H22N2O4. The van der Waals surface area contributed by atoms with Gasteiger partial charge in [-0.15, -0.1) is 0 Å². The Balaban J connectivity index is 2.60. The van der Waals surface area contributed by atoms with Gasteiger partial charge >= 0.3 is 0 Å². The van der Waals surface area contributed by atoms with Crippen LogP contribution in [0.15, 0.2) is 18.2 Å². The Hall–Kier alpha value is -1.66. The van der Waals surface area contributed by atoms with Crippen molar-refractivity contribution >= 4 is 11.4 Å². The second-order valence-corrected chi connectivity index (χ2v) is 4.43. The van der Waals surface area contributed by atoms with E-state index in [1.807, 2.05) is 13.0 Å². The summed E-state index contributed by atoms with van der Waals surface area (Å²) in [5.74, 6) is 0. The monoisotopic (exact) mass is 282 g/mol. The van der Waals surface area contributed by atoms with E-state index in [1.54, 1.807) is 19.2 Å². The minimum atomic E-state index is -0.369. The van der Waals surface area contributed by atoms with Crippen molar-refractivity contribution in [1.29, 1.82) is 0 Å². The molecule has 0 aliphatic heterocycles. The fraction of sp³-hybridized carbons (Fsp3) is 0.571. The fourth-order valence-corrected chi connectivity index (χ4v) is 1.72. The predicted molar refractivity (Wildman–Crippen MR) is 78.0 cm³/mol. The van der Waals surface area contributed by atoms with Gasteiger partial charge < -0.3 is 14.8 Å². The van der Waals surface area contributed by atoms with Crippen LogP contribution in [0.4, 0.5) is 11.4 Å². The topological polar surface area (TPSA) is 73.6 Å². The molecule has 20 heavy (non-hydrogen) atoms. The number of nitrogens with one attached hydrogen (secondary N) is 1. The van der Waals surface area contributed by atoms with Crippen molar-refractivity contribution in [3.8, 4) is 0 Å². The Morgan fingerprint density at radius 1 is 1.35 bits per heavy atom. The summed E-state index contributed by atoms with van der Waals surface area (Å²) in [6.07, 6.45) is 1.73. The van der Waals surface area contributed by atoms with Crippen LogP contribution < -0.4 is 5.32 Å². The predicted octanol–water partition coefficient (Wildman–Crippen LogP) is 2.97. The Bertz CT molecular complexity index is 424. The zero-order valence-electron chi connectivity index (χ0n) is 12.1. The number of nitro groups is 1. The van der Waals surface area contributed by atoms with Gasteiger partial charge in [0.25, 0.3) is 5.69 Å². The summed E-state index contributed by atoms with van der Waals surface area (Å²) in [4.78, 5) is 10.7. The van der Waals surface area contributed by atoms with Crippen molar-refractivity contribution in [2.24, 2.45) is 0 Å². The Labute approximate surface area is 119 Å². The minimum absolute atomic E-state index is 0.0939. The zero-order valence-corrected chi connectivity index (χ0v) is 12.1. The summed E-state index contributed by atoms with van der Waals surface area (Å²) in [5.41, 5.74) is 1.45. The first-order valence-electron chi connectivity index (χ1n) is 6.77. The molecule has 0 bridgehead atoms. The standard InChI is InChI=1S/C14H22N2O4/c1-3-7-15-13-6-5-12(10-14(13)16(17)18)11-20-9-4-8-19-2/h5-6,10,15H,3-4,7-9,11H2,1-2H3. The third-order valence-corrected chi connectivity index (χ3v) is 2.73. The normalized spacial score (nSPS) is 10.5. The molecule has 0 saturated heterocycles. The molecule has 0 atom stereocenters. The molecule has 1 N–H and O–H groups in total. The van der Waals surface area contributed by atoms with Crippen molar-refractivity contribution in [2.75, 3.05) is 32.2 Å². The third-order valence-electron chi connectivity index (χ3n) is 2.73. The van der Waals surface area contributed by atoms with Crippen LogP contribution in [0.1, 0.15) is 25.3 Å². The van der Waals surface area contributed by atoms with Crippen molar-refractivity contribution in [3.63, 3.8) is 0 Å². The van der Waals surface area contributed by atoms with Crippen molar-refractivity contribution in [2.45, 2.75) is 26.4 Å². The van der Waals surface area contributed by atoms with Gasteiger partial charge in [-0.1, -0.05) is 13.0 Å². The molecule has 0 amide bonds. The molecular weight excluding hydrogens is 260 g/mol. The average molecular weight is 282 g/mol. The number of anilines is 1. The van der Waals surface area contributed by atoms with Crippen LogP contribution in [0.5, 0.6) is 0 Å². The van der Waals surface area contributed by atoms with Crippen LogP contribution in [0.25, 0.3) is 0 Å². The van der Waals surface area contributed by atoms with E-state index in [-0.39, 0.29) is 10.6 Å². The van der Waals surface area contributed by atoms with Gasteiger partial charge in [-0.05, 0) is 24.5 Å². The molecule has 0 radical (unpaired) electrons. The molecule has 1 aromatic carbocycles. The maximum Gasteiger partial charge on any atom is 0.292 e. The molecule has 0 aliphatic rings. The molecule has 1 aromatic rings. The van der Waals surface area contributed by atoms with Crippen LogP contribution in [-0.2, 0) is 16.1 Å². The maximum absolute atomic E-state index is 11.1. The van der Waals surface area contributed by atoms with E-state index in [9.17, 15) is 10.1 Å². The summed E-state index contributed by atoms with van der Waals surface area (Å²) >= 11 is 0. The molecule has 0 unspecified atom stereocenters. The smallest absolute Gasteiger partial charge is 0.292 e. The molecule has 6 nitrogen and oxygen atoms in total. The Morgan fingerprint density at radius 3 is 2.80 bits per heavy atom. The molecule has 0 saturated carbocycles. The number of nitro benzene ring substituents is 1. The van der Waals surface area contributed by atoms with Gasteiger partial charge in [-0.3, -0.25) is 10.1 Å². The van der Waals surface area contributed by atoms with Gasteiger partial charge in [-0.25, -0.2) is 0 Å². The van der Waals surface area contributed by atoms with E-state index in [1.165, 1.54) is 0 Å². The number of methoxy groups -OCH3 is 1. The number of hydrogen-bond acceptors (Lipinski definition) is 5. The number of rotatable bonds is 10. The van der Waals surface area contributed by atoms with Crippen LogP contribution in [0, 0.1) is 10.1 Å². The van der Waals surface area contributed by atoms with Gasteiger partial charge in [0.2, 0.25) is 0 Å². The van der Waals surface area contributed by atoms with Crippen LogP contribution >= 0.6 is 0 Å². The van der Waals surface area contributed by atoms with Gasteiger partial charge in [0.05, 0.1) is 11.5 Å². The first kappa shape index (κ1) is 16.4. The maximum atomic E-state index is 11.1. The average Bonchev–Trinajstić information content (AvgIpc) is 2.45. The Morgan fingerprint density at radius 2 is 2.15 bits per heavy atom. The number of benzene rings is 1. The van der Waals surface area contributed by atoms with E-state index in [0.717, 1.165) is 18.4 Å². The van der Waals surface area contributed by atoms with Crippen LogP contribution in [-0.4, -0.2) is 31.8 Å². The van der Waals surface area contributed by atoms with Crippen molar-refractivity contribution < 1.29 is 14.4 Å². The Kier molecular flexibility index (Phi) is 7.60. The highest BCUT2D eigenvalue weighted by Crippen LogP contribution is 2.25. The molecule has 0 spiro atoms. The summed E-state index contributed by atoms with van der Waals surface area (Å²) < 4.78 is 10.4. The summed E-state index contributed by atoms with van der Waals surface area (Å²) in [6, 6.07) is 5.15. The lowest BCUT2D eigenvalue weighted by atomic mass is 10.2. The quantitative estimate of drug-likeness (QED) is 0.406. The summed E-state index contributed by atoms with van der Waals surface area (Å²) in [7, 11) is 1.64. The van der Waals surface area contributed by atoms with Crippen molar-refractivity contribution in [1.82, 2.24) is 0 Å². The summed E-state index contributed by atoms with van der Waals surface area (Å²) in [6.45, 7) is 4.34. The first-order valence-corrected chi connectivity index (χ1v) is 6.77. The molecule has 1 rings (SSSR count). The van der Waals surface area contributed by atoms with E-state index in [4.69, 9.17) is 9.47 Å². The number of ether oxygens (including phenoxy) is 2. The molecule has 0 aliphatic carbocycles. The summed E-state index contributed by atoms with van der Waals surface area (Å²) in [5, 5.41) is 14.1. The lowest BCUT2D eigenvalue weighted by Gasteiger charge is -2.08. The lowest BCUT2D eigenvalue weighted by molar-refractivity contribution is -0.384. The number of hydrogen-bond donors (Lipinski definition) is 1. The molecule has 0 fully saturated rings. The van der Waals surface area contributed by atoms with Gasteiger partial charge in [0.15, 0.2) is 0 Å². The largest absolute Gasteiger partial charge is 0.385 e. The highest BCUT2D eigenvalue weighted by atomic mass is 16.6. The second-order valence-electron chi connectivity index (χ2n) is 4.43. The lowest BCUT2D eigenvalue weighted by Crippen LogP contribution is -2.04. The highest BCUT2D eigenvalue weighted by molar-refractivity contribution is 5.62. The third kappa shape index (κ3) is 5.54. The zero-order chi connectivity index (χ0) is 14.8. The van der Waals surface area contributed by atoms with E-state index >= 15 is 0 Å². The number of nitrogens with zero attached hydrogens (tertiary/aromatic N) is 1. The fourth-order valence-electron chi connectivity index (χ4n) is 1.72. The SMILES string of the molecule is CCCNc1ccc(COCCCOC)cc1[N+](=O)[O-]. The molecule has 6 heteroatoms. The van der Waals surface area contributed by atoms with E-state index in [2.05, 4.69) is 5.32 Å². The molecule has 112 valence electrons. The van der Waals surface area contributed by atoms with Crippen LogP contribution in [0.3, 0.4) is 0 Å². The van der Waals surface area contributed by atoms with E-state index < -0.39 is 0 Å². The van der Waals surface area contributed by atoms with E-state index in [0.29, 0.717) is 32.1 Å². The highest BCUT2D eigenvalue weighted by Gasteiger charge is 2.14. The molecule has 0 aromatic heterocycles. The minimum Gasteiger partial charge on any atom is -0.385 e. The van der Waals surface area contributed by atoms with Crippen LogP contribution in [0.2, 0.25) is 0 Å². The van der Waals surface area contributed by atoms with Gasteiger partial charge in [-0.2, -0.15) is 0 Å². The molecule has 0 heterocycles. The van der Waals surface area contributed by atoms with Gasteiger partial charge in [0, 0.05) is 32.9 Å². The second kappa shape index (κ2) is 9.28. The van der Waals surface area contributed by atoms with Gasteiger partial charge in [0.1, 0.15) is 5.69 Å².